The zero-order chi connectivity index (χ0) is 19.1. The topological polar surface area (TPSA) is 27.7 Å². The third kappa shape index (κ3) is 8.11. The normalized spacial score (nSPS) is 29.9. The van der Waals surface area contributed by atoms with E-state index in [9.17, 15) is 0 Å². The van der Waals surface area contributed by atoms with Crippen molar-refractivity contribution in [2.24, 2.45) is 17.8 Å². The van der Waals surface area contributed by atoms with Crippen LogP contribution in [0.2, 0.25) is 65.0 Å². The van der Waals surface area contributed by atoms with E-state index >= 15 is 0 Å². The second kappa shape index (κ2) is 7.64. The second-order valence-corrected chi connectivity index (χ2v) is 27.5. The van der Waals surface area contributed by atoms with E-state index in [0.717, 1.165) is 23.8 Å². The van der Waals surface area contributed by atoms with Gasteiger partial charge in [-0.1, -0.05) is 6.42 Å². The van der Waals surface area contributed by atoms with Crippen molar-refractivity contribution in [1.82, 2.24) is 0 Å². The minimum absolute atomic E-state index is 0.909. The van der Waals surface area contributed by atoms with Gasteiger partial charge >= 0.3 is 17.1 Å². The van der Waals surface area contributed by atoms with Crippen LogP contribution in [0.25, 0.3) is 0 Å². The molecule has 0 aliphatic heterocycles. The molecule has 4 atom stereocenters. The summed E-state index contributed by atoms with van der Waals surface area (Å²) in [5, 5.41) is 0. The van der Waals surface area contributed by atoms with Crippen molar-refractivity contribution in [1.29, 1.82) is 0 Å². The van der Waals surface area contributed by atoms with E-state index in [0.29, 0.717) is 0 Å². The van der Waals surface area contributed by atoms with E-state index in [1.54, 1.807) is 0 Å². The smallest absolute Gasteiger partial charge is 0.315 e. The molecule has 4 unspecified atom stereocenters. The highest BCUT2D eigenvalue weighted by Gasteiger charge is 2.46. The third-order valence-corrected chi connectivity index (χ3v) is 18.7. The van der Waals surface area contributed by atoms with Gasteiger partial charge in [-0.15, -0.1) is 0 Å². The van der Waals surface area contributed by atoms with Gasteiger partial charge in [-0.3, -0.25) is 0 Å². The fraction of sp³-hybridized carbons (Fsp3) is 1.00. The number of hydrogen-bond acceptors (Lipinski definition) is 3. The molecule has 2 fully saturated rings. The quantitative estimate of drug-likeness (QED) is 0.411. The van der Waals surface area contributed by atoms with Crippen LogP contribution in [0.3, 0.4) is 0 Å². The van der Waals surface area contributed by atoms with Crippen molar-refractivity contribution in [2.75, 3.05) is 0 Å². The van der Waals surface area contributed by atoms with Crippen LogP contribution in [0, 0.1) is 17.8 Å². The first-order chi connectivity index (χ1) is 11.2. The molecule has 7 heteroatoms. The standard InChI is InChI=1S/C18H42O3Si4/c1-22(2,3)19-24(7,8)21-25(9,20-23(4,5)6)13-12-16-10-11-17-15-18(17)14-16/h16-18H,10-15H2,1-9H3. The molecule has 0 bridgehead atoms. The van der Waals surface area contributed by atoms with E-state index in [1.807, 2.05) is 0 Å². The molecule has 0 aromatic heterocycles. The molecule has 2 saturated carbocycles. The molecule has 0 heterocycles. The summed E-state index contributed by atoms with van der Waals surface area (Å²) in [6.07, 6.45) is 7.19. The highest BCUT2D eigenvalue weighted by molar-refractivity contribution is 6.89. The summed E-state index contributed by atoms with van der Waals surface area (Å²) in [6.45, 7) is 20.4. The largest absolute Gasteiger partial charge is 0.437 e. The molecule has 0 spiro atoms. The zero-order valence-corrected chi connectivity index (χ0v) is 22.2. The molecule has 0 N–H and O–H groups in total. The first-order valence-corrected chi connectivity index (χ1v) is 22.4. The van der Waals surface area contributed by atoms with Crippen LogP contribution in [0.5, 0.6) is 0 Å². The van der Waals surface area contributed by atoms with E-state index in [1.165, 1.54) is 32.1 Å². The Labute approximate surface area is 161 Å². The van der Waals surface area contributed by atoms with Crippen LogP contribution in [0.4, 0.5) is 0 Å². The minimum atomic E-state index is -2.19. The van der Waals surface area contributed by atoms with Gasteiger partial charge < -0.3 is 12.3 Å². The van der Waals surface area contributed by atoms with Gasteiger partial charge in [0.2, 0.25) is 0 Å². The molecule has 2 aliphatic rings. The van der Waals surface area contributed by atoms with Gasteiger partial charge in [0.05, 0.1) is 0 Å². The van der Waals surface area contributed by atoms with Gasteiger partial charge in [0.15, 0.2) is 16.6 Å². The predicted molar refractivity (Wildman–Crippen MR) is 117 cm³/mol. The summed E-state index contributed by atoms with van der Waals surface area (Å²) in [5.41, 5.74) is 0. The van der Waals surface area contributed by atoms with E-state index < -0.39 is 33.8 Å². The fourth-order valence-electron chi connectivity index (χ4n) is 4.73. The van der Waals surface area contributed by atoms with Gasteiger partial charge in [-0.2, -0.15) is 0 Å². The third-order valence-electron chi connectivity index (χ3n) is 5.19. The maximum atomic E-state index is 6.81. The van der Waals surface area contributed by atoms with Crippen LogP contribution in [-0.4, -0.2) is 33.8 Å². The molecule has 0 aromatic rings. The van der Waals surface area contributed by atoms with E-state index in [-0.39, 0.29) is 0 Å². The Balaban J connectivity index is 1.99. The van der Waals surface area contributed by atoms with Crippen molar-refractivity contribution >= 4 is 33.8 Å². The maximum Gasteiger partial charge on any atom is 0.315 e. The summed E-state index contributed by atoms with van der Waals surface area (Å²) in [4.78, 5) is 0. The number of rotatable bonds is 9. The monoisotopic (exact) mass is 418 g/mol. The number of hydrogen-bond donors (Lipinski definition) is 0. The average molecular weight is 419 g/mol. The Bertz CT molecular complexity index is 458. The summed E-state index contributed by atoms with van der Waals surface area (Å²) in [7, 11) is -7.56. The summed E-state index contributed by atoms with van der Waals surface area (Å²) in [6, 6.07) is 1.14. The predicted octanol–water partition coefficient (Wildman–Crippen LogP) is 6.31. The molecule has 0 radical (unpaired) electrons. The van der Waals surface area contributed by atoms with E-state index in [4.69, 9.17) is 12.3 Å². The summed E-state index contributed by atoms with van der Waals surface area (Å²) < 4.78 is 20.0. The minimum Gasteiger partial charge on any atom is -0.437 e. The van der Waals surface area contributed by atoms with Gasteiger partial charge in [0, 0.05) is 0 Å². The molecule has 0 amide bonds. The van der Waals surface area contributed by atoms with Crippen LogP contribution in [-0.2, 0) is 12.3 Å². The molecular formula is C18H42O3Si4. The van der Waals surface area contributed by atoms with Crippen LogP contribution in [0.15, 0.2) is 0 Å². The van der Waals surface area contributed by atoms with Crippen molar-refractivity contribution < 1.29 is 12.3 Å². The first-order valence-electron chi connectivity index (χ1n) is 10.3. The zero-order valence-electron chi connectivity index (χ0n) is 18.2. The lowest BCUT2D eigenvalue weighted by atomic mass is 9.87. The number of fused-ring (bicyclic) bond motifs is 1. The van der Waals surface area contributed by atoms with Gasteiger partial charge in [0.1, 0.15) is 0 Å². The van der Waals surface area contributed by atoms with Gasteiger partial charge in [0.25, 0.3) is 0 Å². The van der Waals surface area contributed by atoms with Crippen molar-refractivity contribution in [2.45, 2.75) is 97.1 Å². The Hall–Kier alpha value is 0.748. The molecule has 0 aromatic carbocycles. The van der Waals surface area contributed by atoms with Crippen molar-refractivity contribution in [3.63, 3.8) is 0 Å². The molecule has 25 heavy (non-hydrogen) atoms. The Morgan fingerprint density at radius 3 is 1.80 bits per heavy atom. The molecule has 3 nitrogen and oxygen atoms in total. The second-order valence-electron chi connectivity index (χ2n) is 11.0. The highest BCUT2D eigenvalue weighted by Crippen LogP contribution is 2.52. The summed E-state index contributed by atoms with van der Waals surface area (Å²) in [5.74, 6) is 3.06. The van der Waals surface area contributed by atoms with Crippen LogP contribution in [0.1, 0.15) is 32.1 Å². The van der Waals surface area contributed by atoms with Gasteiger partial charge in [-0.05, 0) is 108 Å². The highest BCUT2D eigenvalue weighted by atomic mass is 28.5. The molecule has 2 rings (SSSR count). The van der Waals surface area contributed by atoms with E-state index in [2.05, 4.69) is 58.9 Å². The molecule has 2 aliphatic carbocycles. The molecule has 0 saturated heterocycles. The fourth-order valence-corrected chi connectivity index (χ4v) is 22.8. The summed E-state index contributed by atoms with van der Waals surface area (Å²) >= 11 is 0. The lowest BCUT2D eigenvalue weighted by Crippen LogP contribution is -2.56. The maximum absolute atomic E-state index is 6.81. The van der Waals surface area contributed by atoms with Crippen LogP contribution < -0.4 is 0 Å². The Kier molecular flexibility index (Phi) is 6.73. The van der Waals surface area contributed by atoms with Crippen LogP contribution >= 0.6 is 0 Å². The lowest BCUT2D eigenvalue weighted by Gasteiger charge is -2.42. The lowest BCUT2D eigenvalue weighted by molar-refractivity contribution is 0.299. The SMILES string of the molecule is C[Si](C)(C)O[Si](C)(C)O[Si](C)(CCC1CCC2CC2C1)O[Si](C)(C)C. The van der Waals surface area contributed by atoms with Crippen molar-refractivity contribution in [3.8, 4) is 0 Å². The Morgan fingerprint density at radius 2 is 1.28 bits per heavy atom. The average Bonchev–Trinajstić information content (AvgIpc) is 3.08. The first kappa shape index (κ1) is 22.0. The molecule has 148 valence electrons. The van der Waals surface area contributed by atoms with Gasteiger partial charge in [-0.25, -0.2) is 0 Å². The van der Waals surface area contributed by atoms with Crippen molar-refractivity contribution in [3.05, 3.63) is 0 Å². The molecular weight excluding hydrogens is 377 g/mol. The Morgan fingerprint density at radius 1 is 0.680 bits per heavy atom.